The van der Waals surface area contributed by atoms with Crippen molar-refractivity contribution in [2.45, 2.75) is 31.7 Å². The lowest BCUT2D eigenvalue weighted by Gasteiger charge is -2.20. The zero-order valence-corrected chi connectivity index (χ0v) is 14.2. The number of aromatic nitrogens is 1. The van der Waals surface area contributed by atoms with Gasteiger partial charge in [-0.3, -0.25) is 4.57 Å². The molecule has 0 unspecified atom stereocenters. The zero-order chi connectivity index (χ0) is 14.2. The molecule has 0 aliphatic heterocycles. The van der Waals surface area contributed by atoms with Gasteiger partial charge in [-0.15, -0.1) is 0 Å². The fraction of sp³-hybridized carbons (Fsp3) is 0.357. The highest BCUT2D eigenvalue weighted by Crippen LogP contribution is 2.28. The average molecular weight is 389 g/mol. The summed E-state index contributed by atoms with van der Waals surface area (Å²) in [6.45, 7) is 5.57. The number of nitrogens with zero attached hydrogens (tertiary/aromatic N) is 1. The smallest absolute Gasteiger partial charge is 0.419 e. The fourth-order valence-corrected chi connectivity index (χ4v) is 2.87. The minimum Gasteiger partial charge on any atom is -0.443 e. The van der Waals surface area contributed by atoms with Crippen LogP contribution in [0.4, 0.5) is 4.79 Å². The van der Waals surface area contributed by atoms with Gasteiger partial charge >= 0.3 is 6.09 Å². The Hall–Kier alpha value is -0.810. The van der Waals surface area contributed by atoms with E-state index in [1.807, 2.05) is 32.9 Å². The predicted molar refractivity (Wildman–Crippen MR) is 83.9 cm³/mol. The standard InChI is InChI=1S/C14H15Br2NO2/c1-14(2,3)19-13(18)17-5-4-10-6-9(8-15)7-11(16)12(10)17/h4-7H,8H2,1-3H3. The molecule has 1 aromatic heterocycles. The summed E-state index contributed by atoms with van der Waals surface area (Å²) in [4.78, 5) is 12.2. The van der Waals surface area contributed by atoms with Gasteiger partial charge in [0, 0.05) is 21.4 Å². The first-order valence-electron chi connectivity index (χ1n) is 5.90. The van der Waals surface area contributed by atoms with Crippen molar-refractivity contribution in [1.82, 2.24) is 4.57 Å². The van der Waals surface area contributed by atoms with Gasteiger partial charge in [-0.2, -0.15) is 0 Å². The van der Waals surface area contributed by atoms with Crippen LogP contribution in [-0.4, -0.2) is 16.3 Å². The van der Waals surface area contributed by atoms with E-state index in [9.17, 15) is 4.79 Å². The molecule has 0 bridgehead atoms. The number of ether oxygens (including phenoxy) is 1. The summed E-state index contributed by atoms with van der Waals surface area (Å²) in [6, 6.07) is 5.96. The summed E-state index contributed by atoms with van der Waals surface area (Å²) >= 11 is 6.95. The van der Waals surface area contributed by atoms with Crippen molar-refractivity contribution in [3.05, 3.63) is 34.4 Å². The minimum atomic E-state index is -0.504. The first kappa shape index (κ1) is 14.6. The minimum absolute atomic E-state index is 0.366. The second-order valence-electron chi connectivity index (χ2n) is 5.32. The summed E-state index contributed by atoms with van der Waals surface area (Å²) in [5, 5.41) is 1.79. The van der Waals surface area contributed by atoms with Gasteiger partial charge in [0.15, 0.2) is 0 Å². The molecule has 19 heavy (non-hydrogen) atoms. The maximum absolute atomic E-state index is 12.2. The lowest BCUT2D eigenvalue weighted by Crippen LogP contribution is -2.26. The predicted octanol–water partition coefficient (Wildman–Crippen LogP) is 5.08. The summed E-state index contributed by atoms with van der Waals surface area (Å²) in [5.74, 6) is 0. The van der Waals surface area contributed by atoms with Crippen LogP contribution in [0.15, 0.2) is 28.9 Å². The molecule has 0 fully saturated rings. The van der Waals surface area contributed by atoms with Crippen LogP contribution in [0.2, 0.25) is 0 Å². The maximum atomic E-state index is 12.2. The van der Waals surface area contributed by atoms with Gasteiger partial charge in [-0.05, 0) is 60.5 Å². The van der Waals surface area contributed by atoms with E-state index in [0.717, 1.165) is 26.3 Å². The van der Waals surface area contributed by atoms with Gasteiger partial charge in [-0.1, -0.05) is 15.9 Å². The Bertz CT molecular complexity index is 626. The van der Waals surface area contributed by atoms with Gasteiger partial charge in [0.2, 0.25) is 0 Å². The molecule has 5 heteroatoms. The highest BCUT2D eigenvalue weighted by molar-refractivity contribution is 9.10. The van der Waals surface area contributed by atoms with Crippen LogP contribution < -0.4 is 0 Å². The van der Waals surface area contributed by atoms with E-state index in [1.165, 1.54) is 4.57 Å². The van der Waals surface area contributed by atoms with Gasteiger partial charge < -0.3 is 4.74 Å². The summed E-state index contributed by atoms with van der Waals surface area (Å²) in [5.41, 5.74) is 1.48. The number of fused-ring (bicyclic) bond motifs is 1. The number of hydrogen-bond donors (Lipinski definition) is 0. The van der Waals surface area contributed by atoms with Crippen molar-refractivity contribution in [2.75, 3.05) is 0 Å². The van der Waals surface area contributed by atoms with E-state index in [1.54, 1.807) is 6.20 Å². The number of hydrogen-bond acceptors (Lipinski definition) is 2. The van der Waals surface area contributed by atoms with Crippen molar-refractivity contribution in [2.24, 2.45) is 0 Å². The van der Waals surface area contributed by atoms with Crippen LogP contribution in [0.5, 0.6) is 0 Å². The molecule has 0 spiro atoms. The lowest BCUT2D eigenvalue weighted by atomic mass is 10.2. The molecule has 0 radical (unpaired) electrons. The Morgan fingerprint density at radius 3 is 2.63 bits per heavy atom. The molecule has 1 heterocycles. The normalized spacial score (nSPS) is 11.8. The van der Waals surface area contributed by atoms with Crippen molar-refractivity contribution >= 4 is 48.9 Å². The van der Waals surface area contributed by atoms with Crippen molar-refractivity contribution in [3.63, 3.8) is 0 Å². The van der Waals surface area contributed by atoms with Crippen molar-refractivity contribution < 1.29 is 9.53 Å². The number of carbonyl (C=O) groups is 1. The summed E-state index contributed by atoms with van der Waals surface area (Å²) < 4.78 is 7.81. The van der Waals surface area contributed by atoms with E-state index < -0.39 is 5.60 Å². The van der Waals surface area contributed by atoms with E-state index in [4.69, 9.17) is 4.74 Å². The quantitative estimate of drug-likeness (QED) is 0.637. The van der Waals surface area contributed by atoms with Crippen molar-refractivity contribution in [3.8, 4) is 0 Å². The number of carbonyl (C=O) groups excluding carboxylic acids is 1. The molecule has 2 aromatic rings. The molecular weight excluding hydrogens is 374 g/mol. The summed E-state index contributed by atoms with van der Waals surface area (Å²) in [7, 11) is 0. The second kappa shape index (κ2) is 5.29. The van der Waals surface area contributed by atoms with Crippen LogP contribution in [0.1, 0.15) is 26.3 Å². The lowest BCUT2D eigenvalue weighted by molar-refractivity contribution is 0.0544. The van der Waals surface area contributed by atoms with E-state index in [-0.39, 0.29) is 6.09 Å². The molecule has 0 saturated heterocycles. The van der Waals surface area contributed by atoms with Crippen LogP contribution in [0, 0.1) is 0 Å². The van der Waals surface area contributed by atoms with E-state index >= 15 is 0 Å². The fourth-order valence-electron chi connectivity index (χ4n) is 1.83. The largest absolute Gasteiger partial charge is 0.443 e. The Balaban J connectivity index is 2.48. The monoisotopic (exact) mass is 387 g/mol. The Kier molecular flexibility index (Phi) is 4.06. The Morgan fingerprint density at radius 2 is 2.05 bits per heavy atom. The third-order valence-corrected chi connectivity index (χ3v) is 3.79. The molecule has 0 aliphatic rings. The van der Waals surface area contributed by atoms with Crippen LogP contribution in [-0.2, 0) is 10.1 Å². The third kappa shape index (κ3) is 3.20. The van der Waals surface area contributed by atoms with E-state index in [2.05, 4.69) is 37.9 Å². The SMILES string of the molecule is CC(C)(C)OC(=O)n1ccc2cc(CBr)cc(Br)c21. The Morgan fingerprint density at radius 1 is 1.37 bits per heavy atom. The van der Waals surface area contributed by atoms with Crippen LogP contribution in [0.25, 0.3) is 10.9 Å². The zero-order valence-electron chi connectivity index (χ0n) is 11.0. The molecule has 0 atom stereocenters. The summed E-state index contributed by atoms with van der Waals surface area (Å²) in [6.07, 6.45) is 1.37. The highest BCUT2D eigenvalue weighted by Gasteiger charge is 2.20. The van der Waals surface area contributed by atoms with Crippen LogP contribution >= 0.6 is 31.9 Å². The maximum Gasteiger partial charge on any atom is 0.419 e. The molecule has 3 nitrogen and oxygen atoms in total. The van der Waals surface area contributed by atoms with Gasteiger partial charge in [0.05, 0.1) is 5.52 Å². The molecule has 0 saturated carbocycles. The number of halogens is 2. The average Bonchev–Trinajstić information content (AvgIpc) is 2.70. The molecule has 102 valence electrons. The van der Waals surface area contributed by atoms with Gasteiger partial charge in [-0.25, -0.2) is 4.79 Å². The Labute approximate surface area is 129 Å². The topological polar surface area (TPSA) is 31.2 Å². The van der Waals surface area contributed by atoms with Crippen molar-refractivity contribution in [1.29, 1.82) is 0 Å². The molecule has 1 aromatic carbocycles. The molecule has 0 amide bonds. The highest BCUT2D eigenvalue weighted by atomic mass is 79.9. The van der Waals surface area contributed by atoms with Gasteiger partial charge in [0.1, 0.15) is 5.60 Å². The number of rotatable bonds is 1. The van der Waals surface area contributed by atoms with Crippen LogP contribution in [0.3, 0.4) is 0 Å². The third-order valence-electron chi connectivity index (χ3n) is 2.54. The molecule has 2 rings (SSSR count). The second-order valence-corrected chi connectivity index (χ2v) is 6.73. The molecule has 0 aliphatic carbocycles. The molecular formula is C14H15Br2NO2. The van der Waals surface area contributed by atoms with Gasteiger partial charge in [0.25, 0.3) is 0 Å². The first-order valence-corrected chi connectivity index (χ1v) is 7.82. The van der Waals surface area contributed by atoms with E-state index in [0.29, 0.717) is 0 Å². The number of alkyl halides is 1. The number of benzene rings is 1. The first-order chi connectivity index (χ1) is 8.81. The molecule has 0 N–H and O–H groups in total.